The molecule has 0 spiro atoms. The van der Waals surface area contributed by atoms with Gasteiger partial charge in [0.1, 0.15) is 10.8 Å². The lowest BCUT2D eigenvalue weighted by atomic mass is 10.1. The molecule has 4 rings (SSSR count). The summed E-state index contributed by atoms with van der Waals surface area (Å²) in [6.45, 7) is 0. The van der Waals surface area contributed by atoms with Crippen LogP contribution in [0.25, 0.3) is 31.9 Å². The molecular weight excluding hydrogens is 435 g/mol. The van der Waals surface area contributed by atoms with E-state index in [1.165, 1.54) is 41.9 Å². The van der Waals surface area contributed by atoms with Crippen LogP contribution in [0.4, 0.5) is 13.2 Å². The molecule has 154 valence electrons. The van der Waals surface area contributed by atoms with Crippen LogP contribution < -0.4 is 4.74 Å². The Kier molecular flexibility index (Phi) is 5.25. The molecule has 4 aromatic rings. The lowest BCUT2D eigenvalue weighted by Gasteiger charge is -2.07. The smallest absolute Gasteiger partial charge is 0.416 e. The predicted molar refractivity (Wildman–Crippen MR) is 111 cm³/mol. The topological polar surface area (TPSA) is 59.4 Å². The van der Waals surface area contributed by atoms with E-state index in [1.54, 1.807) is 11.4 Å². The average Bonchev–Trinajstić information content (AvgIpc) is 3.34. The van der Waals surface area contributed by atoms with E-state index in [-0.39, 0.29) is 6.42 Å². The molecule has 0 aliphatic carbocycles. The first-order chi connectivity index (χ1) is 14.3. The number of aromatic nitrogens is 1. The Balaban J connectivity index is 1.70. The minimum Gasteiger partial charge on any atom is -0.496 e. The van der Waals surface area contributed by atoms with Crippen LogP contribution in [0.5, 0.6) is 5.75 Å². The summed E-state index contributed by atoms with van der Waals surface area (Å²) in [6.07, 6.45) is -4.47. The third kappa shape index (κ3) is 3.90. The number of alkyl halides is 3. The van der Waals surface area contributed by atoms with E-state index >= 15 is 0 Å². The first-order valence-corrected chi connectivity index (χ1v) is 10.5. The fourth-order valence-electron chi connectivity index (χ4n) is 3.14. The van der Waals surface area contributed by atoms with E-state index in [9.17, 15) is 18.0 Å². The summed E-state index contributed by atoms with van der Waals surface area (Å²) in [5, 5.41) is 14.1. The molecule has 1 N–H and O–H groups in total. The van der Waals surface area contributed by atoms with Crippen LogP contribution in [0.2, 0.25) is 0 Å². The zero-order valence-corrected chi connectivity index (χ0v) is 17.1. The summed E-state index contributed by atoms with van der Waals surface area (Å²) in [4.78, 5) is 15.7. The number of thiophene rings is 1. The molecule has 0 aliphatic heterocycles. The Hall–Kier alpha value is -2.91. The summed E-state index contributed by atoms with van der Waals surface area (Å²) in [5.74, 6) is -0.356. The number of ether oxygens (including phenoxy) is 1. The fraction of sp³-hybridized carbons (Fsp3) is 0.143. The van der Waals surface area contributed by atoms with Crippen LogP contribution in [0.3, 0.4) is 0 Å². The second-order valence-corrected chi connectivity index (χ2v) is 8.27. The monoisotopic (exact) mass is 449 g/mol. The van der Waals surface area contributed by atoms with Gasteiger partial charge >= 0.3 is 12.1 Å². The molecule has 2 aromatic heterocycles. The number of benzene rings is 2. The van der Waals surface area contributed by atoms with Crippen molar-refractivity contribution < 1.29 is 27.8 Å². The van der Waals surface area contributed by atoms with Crippen LogP contribution in [0.1, 0.15) is 11.1 Å². The number of methoxy groups -OCH3 is 1. The maximum Gasteiger partial charge on any atom is 0.416 e. The quantitative estimate of drug-likeness (QED) is 0.386. The van der Waals surface area contributed by atoms with Crippen molar-refractivity contribution in [2.75, 3.05) is 7.11 Å². The molecular formula is C21H14F3NO3S2. The Morgan fingerprint density at radius 3 is 2.47 bits per heavy atom. The first kappa shape index (κ1) is 20.4. The molecule has 0 saturated carbocycles. The highest BCUT2D eigenvalue weighted by molar-refractivity contribution is 7.17. The third-order valence-corrected chi connectivity index (χ3v) is 6.41. The zero-order valence-electron chi connectivity index (χ0n) is 15.5. The van der Waals surface area contributed by atoms with Gasteiger partial charge in [0, 0.05) is 26.6 Å². The highest BCUT2D eigenvalue weighted by Crippen LogP contribution is 2.39. The molecule has 0 amide bonds. The van der Waals surface area contributed by atoms with Crippen molar-refractivity contribution in [3.05, 3.63) is 58.3 Å². The van der Waals surface area contributed by atoms with Crippen molar-refractivity contribution >= 4 is 38.7 Å². The van der Waals surface area contributed by atoms with Crippen molar-refractivity contribution in [2.24, 2.45) is 0 Å². The van der Waals surface area contributed by atoms with Crippen LogP contribution >= 0.6 is 22.7 Å². The lowest BCUT2D eigenvalue weighted by Crippen LogP contribution is -2.03. The fourth-order valence-corrected chi connectivity index (χ4v) is 4.99. The molecule has 0 fully saturated rings. The lowest BCUT2D eigenvalue weighted by molar-refractivity contribution is -0.138. The van der Waals surface area contributed by atoms with Gasteiger partial charge in [-0.3, -0.25) is 4.79 Å². The molecule has 0 unspecified atom stereocenters. The van der Waals surface area contributed by atoms with Gasteiger partial charge in [0.2, 0.25) is 0 Å². The van der Waals surface area contributed by atoms with Crippen molar-refractivity contribution in [1.29, 1.82) is 0 Å². The minimum atomic E-state index is -4.38. The molecule has 2 aromatic carbocycles. The van der Waals surface area contributed by atoms with Gasteiger partial charge in [0.15, 0.2) is 0 Å². The van der Waals surface area contributed by atoms with E-state index in [1.807, 2.05) is 11.4 Å². The van der Waals surface area contributed by atoms with Crippen LogP contribution in [-0.2, 0) is 17.4 Å². The maximum absolute atomic E-state index is 12.8. The van der Waals surface area contributed by atoms with Crippen molar-refractivity contribution in [3.8, 4) is 27.6 Å². The summed E-state index contributed by atoms with van der Waals surface area (Å²) in [6, 6.07) is 8.62. The molecule has 0 saturated heterocycles. The van der Waals surface area contributed by atoms with Crippen molar-refractivity contribution in [1.82, 2.24) is 4.98 Å². The molecule has 9 heteroatoms. The zero-order chi connectivity index (χ0) is 21.5. The summed E-state index contributed by atoms with van der Waals surface area (Å²) in [7, 11) is 1.52. The number of fused-ring (bicyclic) bond motifs is 1. The second-order valence-electron chi connectivity index (χ2n) is 6.50. The number of hydrogen-bond acceptors (Lipinski definition) is 5. The molecule has 0 atom stereocenters. The molecule has 4 nitrogen and oxygen atoms in total. The molecule has 0 radical (unpaired) electrons. The van der Waals surface area contributed by atoms with Gasteiger partial charge in [-0.05, 0) is 35.2 Å². The molecule has 0 aliphatic rings. The highest BCUT2D eigenvalue weighted by atomic mass is 32.1. The number of hydrogen-bond donors (Lipinski definition) is 1. The Labute approximate surface area is 177 Å². The Morgan fingerprint density at radius 1 is 1.10 bits per heavy atom. The van der Waals surface area contributed by atoms with E-state index in [4.69, 9.17) is 9.84 Å². The summed E-state index contributed by atoms with van der Waals surface area (Å²) < 4.78 is 44.7. The number of nitrogens with zero attached hydrogens (tertiary/aromatic N) is 1. The third-order valence-electron chi connectivity index (χ3n) is 4.54. The predicted octanol–water partition coefficient (Wildman–Crippen LogP) is 6.35. The van der Waals surface area contributed by atoms with Gasteiger partial charge in [-0.15, -0.1) is 22.7 Å². The van der Waals surface area contributed by atoms with Gasteiger partial charge in [0.25, 0.3) is 0 Å². The number of halogens is 3. The number of rotatable bonds is 5. The SMILES string of the molecule is COc1cc(-c2csc(-c3ccc(C(F)(F)F)cc3)n2)cc2scc(CC(=O)O)c12. The van der Waals surface area contributed by atoms with Crippen LogP contribution in [0, 0.1) is 0 Å². The maximum atomic E-state index is 12.8. The van der Waals surface area contributed by atoms with Gasteiger partial charge in [-0.25, -0.2) is 4.98 Å². The Bertz CT molecular complexity index is 1230. The van der Waals surface area contributed by atoms with Gasteiger partial charge in [0.05, 0.1) is 24.8 Å². The van der Waals surface area contributed by atoms with Crippen molar-refractivity contribution in [3.63, 3.8) is 0 Å². The van der Waals surface area contributed by atoms with Gasteiger partial charge in [-0.1, -0.05) is 12.1 Å². The number of carbonyl (C=O) groups is 1. The average molecular weight is 449 g/mol. The summed E-state index contributed by atoms with van der Waals surface area (Å²) >= 11 is 2.76. The van der Waals surface area contributed by atoms with Crippen LogP contribution in [-0.4, -0.2) is 23.2 Å². The number of carboxylic acids is 1. The molecule has 30 heavy (non-hydrogen) atoms. The first-order valence-electron chi connectivity index (χ1n) is 8.69. The van der Waals surface area contributed by atoms with Crippen LogP contribution in [0.15, 0.2) is 47.2 Å². The number of aliphatic carboxylic acids is 1. The largest absolute Gasteiger partial charge is 0.496 e. The second kappa shape index (κ2) is 7.73. The summed E-state index contributed by atoms with van der Waals surface area (Å²) in [5.41, 5.74) is 2.05. The molecule has 0 bridgehead atoms. The van der Waals surface area contributed by atoms with E-state index in [0.29, 0.717) is 27.6 Å². The van der Waals surface area contributed by atoms with E-state index < -0.39 is 17.7 Å². The highest BCUT2D eigenvalue weighted by Gasteiger charge is 2.30. The molecule has 2 heterocycles. The number of thiazole rings is 1. The standard InChI is InChI=1S/C21H14F3NO3S2/c1-28-16-6-12(7-17-19(16)13(9-29-17)8-18(26)27)15-10-30-20(25-15)11-2-4-14(5-3-11)21(22,23)24/h2-7,9-10H,8H2,1H3,(H,26,27). The Morgan fingerprint density at radius 2 is 1.83 bits per heavy atom. The minimum absolute atomic E-state index is 0.0928. The van der Waals surface area contributed by atoms with E-state index in [0.717, 1.165) is 27.8 Å². The number of carboxylic acid groups (broad SMARTS) is 1. The van der Waals surface area contributed by atoms with Gasteiger partial charge < -0.3 is 9.84 Å². The van der Waals surface area contributed by atoms with Crippen molar-refractivity contribution in [2.45, 2.75) is 12.6 Å². The normalized spacial score (nSPS) is 11.7. The van der Waals surface area contributed by atoms with Gasteiger partial charge in [-0.2, -0.15) is 13.2 Å². The van der Waals surface area contributed by atoms with E-state index in [2.05, 4.69) is 4.98 Å².